The van der Waals surface area contributed by atoms with Crippen LogP contribution >= 0.6 is 0 Å². The first-order valence-electron chi connectivity index (χ1n) is 7.83. The number of ether oxygens (including phenoxy) is 2. The number of esters is 1. The molecule has 0 spiro atoms. The van der Waals surface area contributed by atoms with Gasteiger partial charge in [0.25, 0.3) is 5.91 Å². The summed E-state index contributed by atoms with van der Waals surface area (Å²) in [6.45, 7) is 0.772. The molecule has 0 unspecified atom stereocenters. The van der Waals surface area contributed by atoms with Gasteiger partial charge in [0, 0.05) is 18.3 Å². The van der Waals surface area contributed by atoms with E-state index in [1.54, 1.807) is 24.3 Å². The third kappa shape index (κ3) is 6.98. The molecule has 0 bridgehead atoms. The van der Waals surface area contributed by atoms with Crippen LogP contribution < -0.4 is 15.4 Å². The molecule has 0 radical (unpaired) electrons. The predicted octanol–water partition coefficient (Wildman–Crippen LogP) is 3.34. The maximum Gasteiger partial charge on any atom is 0.573 e. The van der Waals surface area contributed by atoms with Crippen molar-refractivity contribution < 1.29 is 37.0 Å². The lowest BCUT2D eigenvalue weighted by Gasteiger charge is -2.10. The number of nitrogens with one attached hydrogen (secondary N) is 2. The van der Waals surface area contributed by atoms with Gasteiger partial charge in [0.15, 0.2) is 6.61 Å². The largest absolute Gasteiger partial charge is 0.573 e. The van der Waals surface area contributed by atoms with Gasteiger partial charge in [0.05, 0.1) is 5.56 Å². The highest BCUT2D eigenvalue weighted by Crippen LogP contribution is 2.23. The molecule has 28 heavy (non-hydrogen) atoms. The highest BCUT2D eigenvalue weighted by atomic mass is 19.4. The van der Waals surface area contributed by atoms with Gasteiger partial charge in [0.2, 0.25) is 5.91 Å². The summed E-state index contributed by atoms with van der Waals surface area (Å²) < 4.78 is 44.8. The maximum atomic E-state index is 12.1. The lowest BCUT2D eigenvalue weighted by atomic mass is 10.2. The second-order valence-corrected chi connectivity index (χ2v) is 5.46. The zero-order chi connectivity index (χ0) is 20.7. The molecule has 2 aromatic carbocycles. The first-order chi connectivity index (χ1) is 13.1. The van der Waals surface area contributed by atoms with Crippen molar-refractivity contribution in [3.63, 3.8) is 0 Å². The third-order valence-electron chi connectivity index (χ3n) is 3.15. The molecule has 0 aromatic heterocycles. The molecule has 0 saturated heterocycles. The highest BCUT2D eigenvalue weighted by molar-refractivity contribution is 5.96. The smallest absolute Gasteiger partial charge is 0.452 e. The van der Waals surface area contributed by atoms with E-state index in [-0.39, 0.29) is 11.5 Å². The summed E-state index contributed by atoms with van der Waals surface area (Å²) >= 11 is 0. The van der Waals surface area contributed by atoms with Crippen LogP contribution in [-0.2, 0) is 14.3 Å². The summed E-state index contributed by atoms with van der Waals surface area (Å²) in [5.41, 5.74) is 0.931. The fourth-order valence-corrected chi connectivity index (χ4v) is 2.04. The van der Waals surface area contributed by atoms with E-state index in [1.165, 1.54) is 6.92 Å². The molecular weight excluding hydrogens is 381 g/mol. The number of benzene rings is 2. The van der Waals surface area contributed by atoms with Gasteiger partial charge < -0.3 is 20.1 Å². The molecule has 10 heteroatoms. The molecule has 0 fully saturated rings. The van der Waals surface area contributed by atoms with E-state index >= 15 is 0 Å². The maximum absolute atomic E-state index is 12.1. The fourth-order valence-electron chi connectivity index (χ4n) is 2.04. The van der Waals surface area contributed by atoms with Gasteiger partial charge in [-0.05, 0) is 48.5 Å². The van der Waals surface area contributed by atoms with Gasteiger partial charge in [-0.25, -0.2) is 4.79 Å². The number of halogens is 3. The van der Waals surface area contributed by atoms with Gasteiger partial charge in [0.1, 0.15) is 5.75 Å². The number of hydrogen-bond acceptors (Lipinski definition) is 5. The molecule has 0 saturated carbocycles. The summed E-state index contributed by atoms with van der Waals surface area (Å²) in [5, 5.41) is 5.06. The van der Waals surface area contributed by atoms with E-state index < -0.39 is 30.6 Å². The van der Waals surface area contributed by atoms with Crippen molar-refractivity contribution in [1.29, 1.82) is 0 Å². The van der Waals surface area contributed by atoms with Crippen LogP contribution in [0, 0.1) is 0 Å². The number of anilines is 2. The number of carbonyl (C=O) groups is 3. The van der Waals surface area contributed by atoms with Gasteiger partial charge >= 0.3 is 12.3 Å². The van der Waals surface area contributed by atoms with E-state index in [1.807, 2.05) is 0 Å². The van der Waals surface area contributed by atoms with E-state index in [2.05, 4.69) is 15.4 Å². The molecule has 0 atom stereocenters. The summed E-state index contributed by atoms with van der Waals surface area (Å²) in [5.74, 6) is -2.21. The Balaban J connectivity index is 1.83. The molecular formula is C18H15F3N2O5. The van der Waals surface area contributed by atoms with Crippen molar-refractivity contribution in [3.05, 3.63) is 54.1 Å². The summed E-state index contributed by atoms with van der Waals surface area (Å²) in [6.07, 6.45) is -4.83. The summed E-state index contributed by atoms with van der Waals surface area (Å²) in [7, 11) is 0. The Labute approximate surface area is 157 Å². The minimum Gasteiger partial charge on any atom is -0.452 e. The lowest BCUT2D eigenvalue weighted by molar-refractivity contribution is -0.274. The van der Waals surface area contributed by atoms with Crippen LogP contribution in [0.1, 0.15) is 17.3 Å². The Morgan fingerprint density at radius 1 is 0.893 bits per heavy atom. The number of alkyl halides is 3. The van der Waals surface area contributed by atoms with E-state index in [4.69, 9.17) is 4.74 Å². The first kappa shape index (κ1) is 20.7. The first-order valence-corrected chi connectivity index (χ1v) is 7.83. The Bertz CT molecular complexity index is 849. The van der Waals surface area contributed by atoms with Gasteiger partial charge in [-0.3, -0.25) is 9.59 Å². The van der Waals surface area contributed by atoms with E-state index in [9.17, 15) is 27.6 Å². The van der Waals surface area contributed by atoms with Crippen molar-refractivity contribution in [2.45, 2.75) is 13.3 Å². The Morgan fingerprint density at radius 2 is 1.43 bits per heavy atom. The molecule has 0 aliphatic carbocycles. The van der Waals surface area contributed by atoms with Crippen LogP contribution in [0.15, 0.2) is 48.5 Å². The molecule has 148 valence electrons. The second kappa shape index (κ2) is 8.89. The highest BCUT2D eigenvalue weighted by Gasteiger charge is 2.31. The Kier molecular flexibility index (Phi) is 6.59. The topological polar surface area (TPSA) is 93.7 Å². The van der Waals surface area contributed by atoms with Crippen LogP contribution in [0.2, 0.25) is 0 Å². The van der Waals surface area contributed by atoms with Crippen molar-refractivity contribution in [1.82, 2.24) is 0 Å². The summed E-state index contributed by atoms with van der Waals surface area (Å²) in [6, 6.07) is 10.3. The number of amides is 2. The molecule has 7 nitrogen and oxygen atoms in total. The number of rotatable bonds is 6. The molecule has 2 rings (SSSR count). The molecule has 2 aromatic rings. The predicted molar refractivity (Wildman–Crippen MR) is 92.8 cm³/mol. The molecule has 2 amide bonds. The SMILES string of the molecule is CC(=O)Nc1ccc(NC(=O)COC(=O)c2ccc(OC(F)(F)F)cc2)cc1. The molecule has 0 aliphatic heterocycles. The number of hydrogen-bond donors (Lipinski definition) is 2. The van der Waals surface area contributed by atoms with E-state index in [0.717, 1.165) is 24.3 Å². The van der Waals surface area contributed by atoms with Gasteiger partial charge in [-0.1, -0.05) is 0 Å². The molecule has 0 aliphatic rings. The zero-order valence-corrected chi connectivity index (χ0v) is 14.5. The summed E-state index contributed by atoms with van der Waals surface area (Å²) in [4.78, 5) is 34.6. The minimum absolute atomic E-state index is 0.0398. The normalized spacial score (nSPS) is 10.7. The standard InChI is InChI=1S/C18H15F3N2O5/c1-11(24)22-13-4-6-14(7-5-13)23-16(25)10-27-17(26)12-2-8-15(9-3-12)28-18(19,20)21/h2-9H,10H2,1H3,(H,22,24)(H,23,25). The van der Waals surface area contributed by atoms with E-state index in [0.29, 0.717) is 11.4 Å². The van der Waals surface area contributed by atoms with Crippen LogP contribution in [0.3, 0.4) is 0 Å². The van der Waals surface area contributed by atoms with Crippen molar-refractivity contribution >= 4 is 29.2 Å². The Hall–Kier alpha value is -3.56. The van der Waals surface area contributed by atoms with Crippen molar-refractivity contribution in [3.8, 4) is 5.75 Å². The third-order valence-corrected chi connectivity index (χ3v) is 3.15. The molecule has 0 heterocycles. The monoisotopic (exact) mass is 396 g/mol. The number of carbonyl (C=O) groups excluding carboxylic acids is 3. The quantitative estimate of drug-likeness (QED) is 0.731. The van der Waals surface area contributed by atoms with Gasteiger partial charge in [-0.15, -0.1) is 13.2 Å². The van der Waals surface area contributed by atoms with Crippen molar-refractivity contribution in [2.24, 2.45) is 0 Å². The van der Waals surface area contributed by atoms with Gasteiger partial charge in [-0.2, -0.15) is 0 Å². The van der Waals surface area contributed by atoms with Crippen molar-refractivity contribution in [2.75, 3.05) is 17.2 Å². The zero-order valence-electron chi connectivity index (χ0n) is 14.5. The Morgan fingerprint density at radius 3 is 1.93 bits per heavy atom. The van der Waals surface area contributed by atoms with Crippen LogP contribution in [-0.4, -0.2) is 30.8 Å². The lowest BCUT2D eigenvalue weighted by Crippen LogP contribution is -2.21. The average Bonchev–Trinajstić information content (AvgIpc) is 2.60. The second-order valence-electron chi connectivity index (χ2n) is 5.46. The molecule has 2 N–H and O–H groups in total. The average molecular weight is 396 g/mol. The fraction of sp³-hybridized carbons (Fsp3) is 0.167. The van der Waals surface area contributed by atoms with Crippen LogP contribution in [0.4, 0.5) is 24.5 Å². The minimum atomic E-state index is -4.83. The van der Waals surface area contributed by atoms with Crippen LogP contribution in [0.5, 0.6) is 5.75 Å². The van der Waals surface area contributed by atoms with Crippen LogP contribution in [0.25, 0.3) is 0 Å².